The van der Waals surface area contributed by atoms with Gasteiger partial charge in [0.15, 0.2) is 5.75 Å². The van der Waals surface area contributed by atoms with Gasteiger partial charge in [-0.25, -0.2) is 0 Å². The monoisotopic (exact) mass is 558 g/mol. The van der Waals surface area contributed by atoms with Gasteiger partial charge in [0.05, 0.1) is 18.4 Å². The fraction of sp³-hybridized carbons (Fsp3) is 0.706. The molecule has 0 fully saturated rings. The van der Waals surface area contributed by atoms with E-state index >= 15 is 0 Å². The zero-order valence-electron chi connectivity index (χ0n) is 25.6. The van der Waals surface area contributed by atoms with Crippen LogP contribution < -0.4 is 4.89 Å². The Morgan fingerprint density at radius 3 is 1.40 bits per heavy atom. The molecule has 0 unspecified atom stereocenters. The molecule has 0 bridgehead atoms. The molecule has 0 aliphatic carbocycles. The summed E-state index contributed by atoms with van der Waals surface area (Å²) < 4.78 is 0. The molecule has 40 heavy (non-hydrogen) atoms. The van der Waals surface area contributed by atoms with Gasteiger partial charge in [0.2, 0.25) is 0 Å². The molecule has 1 rings (SSSR count). The smallest absolute Gasteiger partial charge is 0.165 e. The van der Waals surface area contributed by atoms with Gasteiger partial charge < -0.3 is 4.89 Å². The number of benzene rings is 1. The lowest BCUT2D eigenvalue weighted by molar-refractivity contribution is -0.207. The molecule has 0 amide bonds. The zero-order valence-corrected chi connectivity index (χ0v) is 25.6. The fourth-order valence-corrected chi connectivity index (χ4v) is 5.06. The van der Waals surface area contributed by atoms with Gasteiger partial charge in [-0.1, -0.05) is 91.2 Å². The van der Waals surface area contributed by atoms with Crippen LogP contribution in [0.4, 0.5) is 0 Å². The maximum absolute atomic E-state index is 12.0. The van der Waals surface area contributed by atoms with Crippen molar-refractivity contribution in [2.45, 2.75) is 137 Å². The average molecular weight is 559 g/mol. The van der Waals surface area contributed by atoms with E-state index in [1.807, 2.05) is 39.8 Å². The standard InChI is InChI=1S/C34H54O6/c1-5-31(35)29(32(36)6-2)20-16-12-9-11-15-19-27-22-24-28(25-23-27)40-39-26-18-14-10-13-17-21-30(33(37)7-3)34(38)8-4/h22-25,29-30H,5-21,26H2,1-4H3. The minimum absolute atomic E-state index is 0.0790. The van der Waals surface area contributed by atoms with Crippen LogP contribution in [0.2, 0.25) is 0 Å². The summed E-state index contributed by atoms with van der Waals surface area (Å²) in [6, 6.07) is 8.04. The van der Waals surface area contributed by atoms with Crippen LogP contribution in [0, 0.1) is 11.8 Å². The SMILES string of the molecule is CCC(=O)C(CCCCCCCOOc1ccc(CCCCCCCC(C(=O)CC)C(=O)CC)cc1)C(=O)CC. The van der Waals surface area contributed by atoms with Gasteiger partial charge >= 0.3 is 0 Å². The molecule has 1 aromatic rings. The first-order chi connectivity index (χ1) is 19.4. The highest BCUT2D eigenvalue weighted by molar-refractivity contribution is 6.02. The van der Waals surface area contributed by atoms with Crippen LogP contribution in [0.25, 0.3) is 0 Å². The third kappa shape index (κ3) is 14.9. The Labute approximate surface area is 242 Å². The van der Waals surface area contributed by atoms with Crippen LogP contribution in [0.3, 0.4) is 0 Å². The molecule has 6 nitrogen and oxygen atoms in total. The van der Waals surface area contributed by atoms with E-state index in [9.17, 15) is 19.2 Å². The van der Waals surface area contributed by atoms with Crippen LogP contribution in [-0.2, 0) is 30.5 Å². The zero-order chi connectivity index (χ0) is 29.6. The van der Waals surface area contributed by atoms with Gasteiger partial charge in [0.1, 0.15) is 23.1 Å². The molecule has 226 valence electrons. The van der Waals surface area contributed by atoms with Gasteiger partial charge in [-0.15, -0.1) is 0 Å². The Balaban J connectivity index is 2.09. The van der Waals surface area contributed by atoms with Crippen LogP contribution in [0.1, 0.15) is 136 Å². The predicted octanol–water partition coefficient (Wildman–Crippen LogP) is 8.37. The van der Waals surface area contributed by atoms with Crippen molar-refractivity contribution in [3.8, 4) is 5.75 Å². The summed E-state index contributed by atoms with van der Waals surface area (Å²) in [5.74, 6) is 0.264. The van der Waals surface area contributed by atoms with Crippen LogP contribution >= 0.6 is 0 Å². The second kappa shape index (κ2) is 22.4. The third-order valence-corrected chi connectivity index (χ3v) is 7.71. The number of unbranched alkanes of at least 4 members (excludes halogenated alkanes) is 8. The first-order valence-electron chi connectivity index (χ1n) is 15.9. The number of Topliss-reactive ketones (excluding diaryl/α,β-unsaturated/α-hetero) is 4. The lowest BCUT2D eigenvalue weighted by Crippen LogP contribution is -2.22. The van der Waals surface area contributed by atoms with E-state index in [1.54, 1.807) is 0 Å². The lowest BCUT2D eigenvalue weighted by Gasteiger charge is -2.12. The lowest BCUT2D eigenvalue weighted by atomic mass is 9.90. The third-order valence-electron chi connectivity index (χ3n) is 7.71. The number of ketones is 4. The van der Waals surface area contributed by atoms with Crippen LogP contribution in [-0.4, -0.2) is 29.7 Å². The molecule has 1 aromatic carbocycles. The Bertz CT molecular complexity index is 828. The van der Waals surface area contributed by atoms with Gasteiger partial charge in [-0.2, -0.15) is 4.89 Å². The topological polar surface area (TPSA) is 86.7 Å². The second-order valence-corrected chi connectivity index (χ2v) is 10.8. The molecule has 0 aliphatic rings. The molecule has 0 saturated carbocycles. The molecular formula is C34H54O6. The van der Waals surface area contributed by atoms with Crippen molar-refractivity contribution in [2.75, 3.05) is 6.61 Å². The van der Waals surface area contributed by atoms with Gasteiger partial charge in [-0.3, -0.25) is 19.2 Å². The Morgan fingerprint density at radius 2 is 0.950 bits per heavy atom. The number of hydrogen-bond donors (Lipinski definition) is 0. The predicted molar refractivity (Wildman–Crippen MR) is 160 cm³/mol. The van der Waals surface area contributed by atoms with E-state index in [2.05, 4.69) is 12.1 Å². The highest BCUT2D eigenvalue weighted by Crippen LogP contribution is 2.19. The summed E-state index contributed by atoms with van der Waals surface area (Å²) in [5.41, 5.74) is 1.28. The summed E-state index contributed by atoms with van der Waals surface area (Å²) in [6.45, 7) is 7.87. The largest absolute Gasteiger partial charge is 0.338 e. The van der Waals surface area contributed by atoms with Gasteiger partial charge in [0.25, 0.3) is 0 Å². The highest BCUT2D eigenvalue weighted by atomic mass is 17.2. The van der Waals surface area contributed by atoms with Crippen LogP contribution in [0.15, 0.2) is 24.3 Å². The summed E-state index contributed by atoms with van der Waals surface area (Å²) in [6.07, 6.45) is 14.5. The number of carbonyl (C=O) groups excluding carboxylic acids is 4. The van der Waals surface area contributed by atoms with Crippen molar-refractivity contribution < 1.29 is 29.0 Å². The maximum Gasteiger partial charge on any atom is 0.165 e. The summed E-state index contributed by atoms with van der Waals surface area (Å²) >= 11 is 0. The molecule has 6 heteroatoms. The summed E-state index contributed by atoms with van der Waals surface area (Å²) in [5, 5.41) is 0. The molecule has 0 aliphatic heterocycles. The molecule has 0 N–H and O–H groups in total. The molecule has 0 atom stereocenters. The normalized spacial score (nSPS) is 11.2. The van der Waals surface area contributed by atoms with E-state index in [0.717, 1.165) is 70.6 Å². The molecular weight excluding hydrogens is 504 g/mol. The van der Waals surface area contributed by atoms with Gasteiger partial charge in [-0.05, 0) is 49.8 Å². The van der Waals surface area contributed by atoms with E-state index in [4.69, 9.17) is 9.78 Å². The maximum atomic E-state index is 12.0. The number of aryl methyl sites for hydroxylation is 1. The van der Waals surface area contributed by atoms with Gasteiger partial charge in [0, 0.05) is 25.7 Å². The van der Waals surface area contributed by atoms with E-state index in [1.165, 1.54) is 5.56 Å². The Kier molecular flexibility index (Phi) is 19.9. The second-order valence-electron chi connectivity index (χ2n) is 10.8. The van der Waals surface area contributed by atoms with E-state index < -0.39 is 5.92 Å². The van der Waals surface area contributed by atoms with Crippen molar-refractivity contribution in [3.63, 3.8) is 0 Å². The van der Waals surface area contributed by atoms with E-state index in [-0.39, 0.29) is 29.1 Å². The number of hydrogen-bond acceptors (Lipinski definition) is 6. The van der Waals surface area contributed by atoms with Crippen molar-refractivity contribution in [2.24, 2.45) is 11.8 Å². The summed E-state index contributed by atoms with van der Waals surface area (Å²) in [4.78, 5) is 58.7. The highest BCUT2D eigenvalue weighted by Gasteiger charge is 2.23. The van der Waals surface area contributed by atoms with Crippen molar-refractivity contribution in [1.29, 1.82) is 0 Å². The molecule has 0 heterocycles. The van der Waals surface area contributed by atoms with E-state index in [0.29, 0.717) is 50.9 Å². The molecule has 0 radical (unpaired) electrons. The molecule has 0 aromatic heterocycles. The van der Waals surface area contributed by atoms with Crippen LogP contribution in [0.5, 0.6) is 5.75 Å². The molecule has 0 saturated heterocycles. The number of carbonyl (C=O) groups is 4. The average Bonchev–Trinajstić information content (AvgIpc) is 2.98. The summed E-state index contributed by atoms with van der Waals surface area (Å²) in [7, 11) is 0. The first-order valence-corrected chi connectivity index (χ1v) is 15.9. The van der Waals surface area contributed by atoms with Crippen molar-refractivity contribution >= 4 is 23.1 Å². The Hall–Kier alpha value is -2.34. The Morgan fingerprint density at radius 1 is 0.550 bits per heavy atom. The van der Waals surface area contributed by atoms with Crippen molar-refractivity contribution in [1.82, 2.24) is 0 Å². The molecule has 0 spiro atoms. The minimum Gasteiger partial charge on any atom is -0.338 e. The minimum atomic E-state index is -0.398. The van der Waals surface area contributed by atoms with Crippen molar-refractivity contribution in [3.05, 3.63) is 29.8 Å². The fourth-order valence-electron chi connectivity index (χ4n) is 5.06. The quantitative estimate of drug-likeness (QED) is 0.0491. The first kappa shape index (κ1) is 35.7. The number of rotatable bonds is 26.